The summed E-state index contributed by atoms with van der Waals surface area (Å²) in [6.45, 7) is 2.88. The maximum absolute atomic E-state index is 11.6. The molecule has 1 aromatic carbocycles. The maximum Gasteiger partial charge on any atom is 0.344 e. The Morgan fingerprint density at radius 3 is 2.26 bits per heavy atom. The summed E-state index contributed by atoms with van der Waals surface area (Å²) in [6, 6.07) is 9.20. The van der Waals surface area contributed by atoms with Gasteiger partial charge in [-0.3, -0.25) is 0 Å². The summed E-state index contributed by atoms with van der Waals surface area (Å²) in [6.07, 6.45) is 0. The number of hydrogen-bond acceptors (Lipinski definition) is 6. The number of carboxylic acid groups (broad SMARTS) is 1. The summed E-state index contributed by atoms with van der Waals surface area (Å²) in [5, 5.41) is 9.04. The highest BCUT2D eigenvalue weighted by molar-refractivity contribution is 5.89. The average molecular weight is 316 g/mol. The number of aromatic carboxylic acids is 1. The highest BCUT2D eigenvalue weighted by atomic mass is 16.6. The number of rotatable bonds is 6. The van der Waals surface area contributed by atoms with Gasteiger partial charge in [0.2, 0.25) is 0 Å². The van der Waals surface area contributed by atoms with Crippen molar-refractivity contribution in [2.45, 2.75) is 20.5 Å². The van der Waals surface area contributed by atoms with Gasteiger partial charge in [-0.2, -0.15) is 9.97 Å². The molecule has 2 rings (SSSR count). The number of esters is 1. The molecule has 0 amide bonds. The lowest BCUT2D eigenvalue weighted by molar-refractivity contribution is -0.147. The Balaban J connectivity index is 1.90. The molecular weight excluding hydrogens is 300 g/mol. The molecule has 0 radical (unpaired) electrons. The quantitative estimate of drug-likeness (QED) is 0.813. The fraction of sp³-hybridized carbons (Fsp3) is 0.250. The fourth-order valence-corrected chi connectivity index (χ4v) is 1.96. The topological polar surface area (TPSA) is 98.6 Å². The number of carbonyl (C=O) groups is 2. The van der Waals surface area contributed by atoms with Gasteiger partial charge in [0.1, 0.15) is 12.2 Å². The van der Waals surface area contributed by atoms with Gasteiger partial charge in [-0.25, -0.2) is 9.59 Å². The van der Waals surface area contributed by atoms with Gasteiger partial charge in [0.15, 0.2) is 6.61 Å². The van der Waals surface area contributed by atoms with Gasteiger partial charge in [-0.15, -0.1) is 0 Å². The Morgan fingerprint density at radius 1 is 1.09 bits per heavy atom. The van der Waals surface area contributed by atoms with Gasteiger partial charge < -0.3 is 14.6 Å². The summed E-state index contributed by atoms with van der Waals surface area (Å²) in [5.41, 5.74) is 1.45. The van der Waals surface area contributed by atoms with Crippen LogP contribution >= 0.6 is 0 Å². The lowest BCUT2D eigenvalue weighted by atomic mass is 10.2. The summed E-state index contributed by atoms with van der Waals surface area (Å²) in [7, 11) is 0. The number of aryl methyl sites for hydroxylation is 2. The number of carbonyl (C=O) groups excluding carboxylic acids is 1. The van der Waals surface area contributed by atoms with Crippen molar-refractivity contribution in [2.75, 3.05) is 6.61 Å². The van der Waals surface area contributed by atoms with Crippen LogP contribution in [0.15, 0.2) is 30.3 Å². The summed E-state index contributed by atoms with van der Waals surface area (Å²) in [4.78, 5) is 30.5. The van der Waals surface area contributed by atoms with Crippen LogP contribution in [0.4, 0.5) is 0 Å². The second-order valence-corrected chi connectivity index (χ2v) is 4.79. The van der Waals surface area contributed by atoms with E-state index in [9.17, 15) is 9.59 Å². The molecule has 0 saturated carbocycles. The van der Waals surface area contributed by atoms with Gasteiger partial charge in [0.25, 0.3) is 0 Å². The zero-order chi connectivity index (χ0) is 16.8. The van der Waals surface area contributed by atoms with Crippen LogP contribution in [0.25, 0.3) is 0 Å². The molecule has 0 aliphatic rings. The third-order valence-corrected chi connectivity index (χ3v) is 3.03. The van der Waals surface area contributed by atoms with Crippen molar-refractivity contribution in [1.82, 2.24) is 9.97 Å². The van der Waals surface area contributed by atoms with Crippen LogP contribution in [0.3, 0.4) is 0 Å². The van der Waals surface area contributed by atoms with E-state index in [4.69, 9.17) is 14.6 Å². The van der Waals surface area contributed by atoms with Gasteiger partial charge in [0.05, 0.1) is 11.4 Å². The van der Waals surface area contributed by atoms with Gasteiger partial charge in [-0.1, -0.05) is 30.3 Å². The predicted molar refractivity (Wildman–Crippen MR) is 80.2 cm³/mol. The van der Waals surface area contributed by atoms with Crippen molar-refractivity contribution in [1.29, 1.82) is 0 Å². The van der Waals surface area contributed by atoms with Crippen LogP contribution in [0.2, 0.25) is 0 Å². The second-order valence-electron chi connectivity index (χ2n) is 4.79. The normalized spacial score (nSPS) is 10.2. The number of ether oxygens (including phenoxy) is 2. The number of nitrogens with zero attached hydrogens (tertiary/aromatic N) is 2. The molecule has 7 nitrogen and oxygen atoms in total. The lowest BCUT2D eigenvalue weighted by Gasteiger charge is -2.09. The van der Waals surface area contributed by atoms with Crippen LogP contribution in [-0.4, -0.2) is 33.6 Å². The van der Waals surface area contributed by atoms with E-state index < -0.39 is 11.9 Å². The van der Waals surface area contributed by atoms with E-state index in [2.05, 4.69) is 9.97 Å². The third-order valence-electron chi connectivity index (χ3n) is 3.03. The average Bonchev–Trinajstić information content (AvgIpc) is 2.51. The maximum atomic E-state index is 11.6. The van der Waals surface area contributed by atoms with E-state index in [1.807, 2.05) is 30.3 Å². The summed E-state index contributed by atoms with van der Waals surface area (Å²) in [5.74, 6) is -1.66. The Hall–Kier alpha value is -2.96. The minimum absolute atomic E-state index is 0.0315. The van der Waals surface area contributed by atoms with E-state index in [0.717, 1.165) is 5.56 Å². The van der Waals surface area contributed by atoms with Gasteiger partial charge in [-0.05, 0) is 19.4 Å². The highest BCUT2D eigenvalue weighted by Crippen LogP contribution is 2.14. The second kappa shape index (κ2) is 7.35. The van der Waals surface area contributed by atoms with E-state index >= 15 is 0 Å². The smallest absolute Gasteiger partial charge is 0.344 e. The lowest BCUT2D eigenvalue weighted by Crippen LogP contribution is -2.17. The number of benzene rings is 1. The molecule has 0 saturated heterocycles. The first-order valence-electron chi connectivity index (χ1n) is 6.88. The fourth-order valence-electron chi connectivity index (χ4n) is 1.96. The van der Waals surface area contributed by atoms with Crippen LogP contribution in [0.1, 0.15) is 27.3 Å². The van der Waals surface area contributed by atoms with E-state index in [1.54, 1.807) is 13.8 Å². The number of aromatic nitrogens is 2. The molecule has 1 N–H and O–H groups in total. The number of carboxylic acids is 1. The van der Waals surface area contributed by atoms with Crippen LogP contribution < -0.4 is 4.74 Å². The molecular formula is C16H16N2O5. The van der Waals surface area contributed by atoms with Crippen LogP contribution in [-0.2, 0) is 16.1 Å². The van der Waals surface area contributed by atoms with Crippen molar-refractivity contribution in [3.05, 3.63) is 52.8 Å². The first kappa shape index (κ1) is 16.4. The minimum atomic E-state index is -1.10. The molecule has 120 valence electrons. The molecule has 0 atom stereocenters. The van der Waals surface area contributed by atoms with E-state index in [1.165, 1.54) is 0 Å². The van der Waals surface area contributed by atoms with Gasteiger partial charge >= 0.3 is 17.9 Å². The molecule has 0 fully saturated rings. The molecule has 0 aliphatic heterocycles. The Kier molecular flexibility index (Phi) is 5.24. The SMILES string of the molecule is Cc1nc(OCC(=O)OCc2ccccc2)nc(C)c1C(=O)O. The molecule has 0 bridgehead atoms. The van der Waals surface area contributed by atoms with Crippen molar-refractivity contribution >= 4 is 11.9 Å². The first-order valence-corrected chi connectivity index (χ1v) is 6.88. The Labute approximate surface area is 132 Å². The van der Waals surface area contributed by atoms with Crippen molar-refractivity contribution < 1.29 is 24.2 Å². The molecule has 0 unspecified atom stereocenters. The molecule has 7 heteroatoms. The molecule has 0 spiro atoms. The van der Waals surface area contributed by atoms with Crippen molar-refractivity contribution in [2.24, 2.45) is 0 Å². The summed E-state index contributed by atoms with van der Waals surface area (Å²) < 4.78 is 10.2. The highest BCUT2D eigenvalue weighted by Gasteiger charge is 2.16. The molecule has 0 aliphatic carbocycles. The van der Waals surface area contributed by atoms with Crippen LogP contribution in [0, 0.1) is 13.8 Å². The van der Waals surface area contributed by atoms with Gasteiger partial charge in [0, 0.05) is 0 Å². The standard InChI is InChI=1S/C16H16N2O5/c1-10-14(15(20)21)11(2)18-16(17-10)23-9-13(19)22-8-12-6-4-3-5-7-12/h3-7H,8-9H2,1-2H3,(H,20,21). The minimum Gasteiger partial charge on any atom is -0.478 e. The van der Waals surface area contributed by atoms with E-state index in [0.29, 0.717) is 0 Å². The third kappa shape index (κ3) is 4.50. The Bertz CT molecular complexity index is 693. The molecule has 23 heavy (non-hydrogen) atoms. The van der Waals surface area contributed by atoms with E-state index in [-0.39, 0.29) is 36.2 Å². The Morgan fingerprint density at radius 2 is 1.70 bits per heavy atom. The number of hydrogen-bond donors (Lipinski definition) is 1. The molecule has 1 heterocycles. The first-order chi connectivity index (χ1) is 11.0. The van der Waals surface area contributed by atoms with Crippen LogP contribution in [0.5, 0.6) is 6.01 Å². The zero-order valence-electron chi connectivity index (χ0n) is 12.8. The van der Waals surface area contributed by atoms with Crippen molar-refractivity contribution in [3.63, 3.8) is 0 Å². The zero-order valence-corrected chi connectivity index (χ0v) is 12.8. The monoisotopic (exact) mass is 316 g/mol. The summed E-state index contributed by atoms with van der Waals surface area (Å²) >= 11 is 0. The largest absolute Gasteiger partial charge is 0.478 e. The molecule has 2 aromatic rings. The molecule has 1 aromatic heterocycles. The van der Waals surface area contributed by atoms with Crippen molar-refractivity contribution in [3.8, 4) is 6.01 Å². The predicted octanol–water partition coefficient (Wildman–Crippen LogP) is 1.91.